The summed E-state index contributed by atoms with van der Waals surface area (Å²) in [7, 11) is -1.98. The fraction of sp³-hybridized carbons (Fsp3) is 0.476. The Balaban J connectivity index is 1.46. The van der Waals surface area contributed by atoms with Crippen LogP contribution in [-0.4, -0.2) is 63.7 Å². The van der Waals surface area contributed by atoms with Crippen molar-refractivity contribution in [1.82, 2.24) is 29.1 Å². The van der Waals surface area contributed by atoms with Gasteiger partial charge in [-0.25, -0.2) is 8.42 Å². The third kappa shape index (κ3) is 4.46. The van der Waals surface area contributed by atoms with E-state index in [9.17, 15) is 21.6 Å². The molecule has 1 aromatic carbocycles. The Morgan fingerprint density at radius 1 is 1.12 bits per heavy atom. The maximum absolute atomic E-state index is 13.2. The van der Waals surface area contributed by atoms with Gasteiger partial charge >= 0.3 is 6.18 Å². The summed E-state index contributed by atoms with van der Waals surface area (Å²) in [5.74, 6) is 0.319. The Hall–Kier alpha value is -2.77. The van der Waals surface area contributed by atoms with E-state index in [1.165, 1.54) is 16.4 Å². The van der Waals surface area contributed by atoms with Crippen molar-refractivity contribution in [2.75, 3.05) is 26.2 Å². The van der Waals surface area contributed by atoms with E-state index in [-0.39, 0.29) is 41.3 Å². The summed E-state index contributed by atoms with van der Waals surface area (Å²) < 4.78 is 73.7. The first kappa shape index (κ1) is 24.4. The molecule has 0 radical (unpaired) electrons. The van der Waals surface area contributed by atoms with Gasteiger partial charge in [-0.1, -0.05) is 17.3 Å². The average Bonchev–Trinajstić information content (AvgIpc) is 3.37. The molecule has 0 aliphatic carbocycles. The largest absolute Gasteiger partial charge is 0.416 e. The summed E-state index contributed by atoms with van der Waals surface area (Å²) in [6.07, 6.45) is -4.47. The number of aromatic nitrogens is 4. The van der Waals surface area contributed by atoms with Crippen molar-refractivity contribution in [3.63, 3.8) is 0 Å². The van der Waals surface area contributed by atoms with Crippen molar-refractivity contribution >= 4 is 10.0 Å². The summed E-state index contributed by atoms with van der Waals surface area (Å²) >= 11 is 0. The zero-order chi connectivity index (χ0) is 24.8. The molecule has 1 aliphatic heterocycles. The molecule has 0 bridgehead atoms. The lowest BCUT2D eigenvalue weighted by atomic mass is 10.1. The Morgan fingerprint density at radius 3 is 2.38 bits per heavy atom. The molecule has 0 N–H and O–H groups in total. The van der Waals surface area contributed by atoms with Crippen LogP contribution in [0.3, 0.4) is 0 Å². The molecular weight excluding hydrogens is 473 g/mol. The van der Waals surface area contributed by atoms with Crippen molar-refractivity contribution in [3.05, 3.63) is 47.1 Å². The van der Waals surface area contributed by atoms with Gasteiger partial charge < -0.3 is 4.52 Å². The standard InChI is InChI=1S/C21H25F3N6O3S/c1-13-18(14(2)28(4)26-13)34(31,32)30-10-8-29(9-11-30)15(3)20-25-19(27-33-20)16-6-5-7-17(12-16)21(22,23)24/h5-7,12,15H,8-11H2,1-4H3. The van der Waals surface area contributed by atoms with Gasteiger partial charge in [-0.15, -0.1) is 0 Å². The number of sulfonamides is 1. The van der Waals surface area contributed by atoms with Crippen molar-refractivity contribution in [1.29, 1.82) is 0 Å². The number of piperazine rings is 1. The van der Waals surface area contributed by atoms with Crippen LogP contribution in [0.25, 0.3) is 11.4 Å². The van der Waals surface area contributed by atoms with Crippen LogP contribution in [0, 0.1) is 13.8 Å². The average molecular weight is 499 g/mol. The fourth-order valence-electron chi connectivity index (χ4n) is 4.10. The van der Waals surface area contributed by atoms with E-state index in [0.717, 1.165) is 12.1 Å². The van der Waals surface area contributed by atoms with Crippen molar-refractivity contribution in [2.45, 2.75) is 37.9 Å². The normalized spacial score (nSPS) is 17.3. The molecule has 1 unspecified atom stereocenters. The zero-order valence-corrected chi connectivity index (χ0v) is 20.0. The molecule has 184 valence electrons. The number of benzene rings is 1. The van der Waals surface area contributed by atoms with Gasteiger partial charge in [0.1, 0.15) is 4.90 Å². The van der Waals surface area contributed by atoms with E-state index in [1.54, 1.807) is 25.6 Å². The summed E-state index contributed by atoms with van der Waals surface area (Å²) in [6, 6.07) is 4.41. The van der Waals surface area contributed by atoms with Gasteiger partial charge in [0.25, 0.3) is 0 Å². The van der Waals surface area contributed by atoms with Gasteiger partial charge in [0.05, 0.1) is 23.0 Å². The first-order valence-corrected chi connectivity index (χ1v) is 12.1. The minimum Gasteiger partial charge on any atom is -0.337 e. The van der Waals surface area contributed by atoms with Gasteiger partial charge in [0.2, 0.25) is 21.7 Å². The van der Waals surface area contributed by atoms with Crippen LogP contribution < -0.4 is 0 Å². The zero-order valence-electron chi connectivity index (χ0n) is 19.2. The summed E-state index contributed by atoms with van der Waals surface area (Å²) in [4.78, 5) is 6.52. The van der Waals surface area contributed by atoms with E-state index in [4.69, 9.17) is 4.52 Å². The van der Waals surface area contributed by atoms with Crippen LogP contribution in [0.4, 0.5) is 13.2 Å². The predicted octanol–water partition coefficient (Wildman–Crippen LogP) is 3.17. The number of halogens is 3. The lowest BCUT2D eigenvalue weighted by Gasteiger charge is -2.36. The van der Waals surface area contributed by atoms with Crippen LogP contribution >= 0.6 is 0 Å². The van der Waals surface area contributed by atoms with Gasteiger partial charge in [-0.2, -0.15) is 27.6 Å². The van der Waals surface area contributed by atoms with Crippen LogP contribution in [0.5, 0.6) is 0 Å². The molecule has 2 aromatic heterocycles. The highest BCUT2D eigenvalue weighted by Crippen LogP contribution is 2.32. The molecule has 34 heavy (non-hydrogen) atoms. The molecule has 13 heteroatoms. The molecule has 4 rings (SSSR count). The third-order valence-corrected chi connectivity index (χ3v) is 8.26. The summed E-state index contributed by atoms with van der Waals surface area (Å²) in [5.41, 5.74) is 0.459. The van der Waals surface area contributed by atoms with E-state index in [1.807, 2.05) is 11.8 Å². The topological polar surface area (TPSA) is 97.4 Å². The van der Waals surface area contributed by atoms with Crippen molar-refractivity contribution < 1.29 is 26.1 Å². The quantitative estimate of drug-likeness (QED) is 0.533. The van der Waals surface area contributed by atoms with E-state index in [0.29, 0.717) is 24.5 Å². The molecule has 9 nitrogen and oxygen atoms in total. The second-order valence-electron chi connectivity index (χ2n) is 8.27. The molecule has 0 saturated carbocycles. The lowest BCUT2D eigenvalue weighted by Crippen LogP contribution is -2.49. The number of hydrogen-bond acceptors (Lipinski definition) is 7. The second kappa shape index (κ2) is 8.78. The molecule has 1 saturated heterocycles. The SMILES string of the molecule is Cc1nn(C)c(C)c1S(=O)(=O)N1CCN(C(C)c2nc(-c3cccc(C(F)(F)F)c3)no2)CC1. The van der Waals surface area contributed by atoms with Gasteiger partial charge in [-0.3, -0.25) is 9.58 Å². The number of hydrogen-bond donors (Lipinski definition) is 0. The molecule has 1 fully saturated rings. The predicted molar refractivity (Wildman–Crippen MR) is 116 cm³/mol. The molecule has 0 spiro atoms. The summed E-state index contributed by atoms with van der Waals surface area (Å²) in [5, 5.41) is 8.06. The highest BCUT2D eigenvalue weighted by atomic mass is 32.2. The molecule has 1 aliphatic rings. The second-order valence-corrected chi connectivity index (χ2v) is 10.1. The van der Waals surface area contributed by atoms with Crippen LogP contribution in [0.1, 0.15) is 35.8 Å². The Morgan fingerprint density at radius 2 is 1.79 bits per heavy atom. The van der Waals surface area contributed by atoms with Crippen LogP contribution in [0.15, 0.2) is 33.7 Å². The number of aryl methyl sites for hydroxylation is 2. The highest BCUT2D eigenvalue weighted by Gasteiger charge is 2.35. The number of nitrogens with zero attached hydrogens (tertiary/aromatic N) is 6. The first-order chi connectivity index (χ1) is 15.9. The number of alkyl halides is 3. The molecule has 3 aromatic rings. The van der Waals surface area contributed by atoms with E-state index < -0.39 is 21.8 Å². The Bertz CT molecular complexity index is 1290. The number of rotatable bonds is 5. The summed E-state index contributed by atoms with van der Waals surface area (Å²) in [6.45, 7) is 6.64. The monoisotopic (exact) mass is 498 g/mol. The minimum atomic E-state index is -4.47. The van der Waals surface area contributed by atoms with E-state index in [2.05, 4.69) is 15.2 Å². The Kier molecular flexibility index (Phi) is 6.29. The van der Waals surface area contributed by atoms with Gasteiger partial charge in [0.15, 0.2) is 0 Å². The molecular formula is C21H25F3N6O3S. The maximum atomic E-state index is 13.2. The van der Waals surface area contributed by atoms with Gasteiger partial charge in [-0.05, 0) is 32.9 Å². The smallest absolute Gasteiger partial charge is 0.337 e. The maximum Gasteiger partial charge on any atom is 0.416 e. The molecule has 3 heterocycles. The molecule has 1 atom stereocenters. The lowest BCUT2D eigenvalue weighted by molar-refractivity contribution is -0.137. The molecule has 0 amide bonds. The van der Waals surface area contributed by atoms with Crippen molar-refractivity contribution in [3.8, 4) is 11.4 Å². The van der Waals surface area contributed by atoms with Crippen LogP contribution in [0.2, 0.25) is 0 Å². The van der Waals surface area contributed by atoms with Crippen LogP contribution in [-0.2, 0) is 23.2 Å². The van der Waals surface area contributed by atoms with Gasteiger partial charge in [0, 0.05) is 38.8 Å². The van der Waals surface area contributed by atoms with E-state index >= 15 is 0 Å². The third-order valence-electron chi connectivity index (χ3n) is 6.11. The fourth-order valence-corrected chi connectivity index (χ4v) is 5.92. The minimum absolute atomic E-state index is 0.0664. The first-order valence-electron chi connectivity index (χ1n) is 10.6. The Labute approximate surface area is 195 Å². The highest BCUT2D eigenvalue weighted by molar-refractivity contribution is 7.89. The van der Waals surface area contributed by atoms with Crippen molar-refractivity contribution in [2.24, 2.45) is 7.05 Å².